The SMILES string of the molecule is C/C(=N\NC(=O)Cn1nc(C)c(Br)c1C)c1ccc(OCc2c(Cl)cccc2Cl)cc1. The fraction of sp³-hybridized carbons (Fsp3) is 0.227. The van der Waals surface area contributed by atoms with Crippen LogP contribution in [0.4, 0.5) is 0 Å². The number of hydrazone groups is 1. The number of aryl methyl sites for hydroxylation is 1. The molecule has 0 bridgehead atoms. The quantitative estimate of drug-likeness (QED) is 0.319. The van der Waals surface area contributed by atoms with E-state index in [0.717, 1.165) is 27.0 Å². The summed E-state index contributed by atoms with van der Waals surface area (Å²) in [5.41, 5.74) is 6.57. The molecule has 0 saturated carbocycles. The van der Waals surface area contributed by atoms with Crippen molar-refractivity contribution in [2.24, 2.45) is 5.10 Å². The van der Waals surface area contributed by atoms with E-state index < -0.39 is 0 Å². The van der Waals surface area contributed by atoms with Crippen LogP contribution in [0.15, 0.2) is 52.0 Å². The first kappa shape index (κ1) is 23.3. The van der Waals surface area contributed by atoms with E-state index in [1.54, 1.807) is 22.9 Å². The van der Waals surface area contributed by atoms with Crippen molar-refractivity contribution < 1.29 is 9.53 Å². The van der Waals surface area contributed by atoms with Crippen LogP contribution in [-0.4, -0.2) is 21.4 Å². The predicted molar refractivity (Wildman–Crippen MR) is 127 cm³/mol. The average Bonchev–Trinajstić information content (AvgIpc) is 2.98. The first-order chi connectivity index (χ1) is 14.8. The largest absolute Gasteiger partial charge is 0.489 e. The molecule has 31 heavy (non-hydrogen) atoms. The number of amides is 1. The van der Waals surface area contributed by atoms with E-state index in [2.05, 4.69) is 31.6 Å². The molecular formula is C22H21BrCl2N4O2. The third-order valence-corrected chi connectivity index (χ3v) is 6.51. The van der Waals surface area contributed by atoms with Crippen molar-refractivity contribution in [1.82, 2.24) is 15.2 Å². The Morgan fingerprint density at radius 2 is 1.81 bits per heavy atom. The van der Waals surface area contributed by atoms with Crippen molar-refractivity contribution in [3.05, 3.63) is 79.5 Å². The minimum Gasteiger partial charge on any atom is -0.489 e. The molecule has 1 amide bonds. The summed E-state index contributed by atoms with van der Waals surface area (Å²) in [6.07, 6.45) is 0. The summed E-state index contributed by atoms with van der Waals surface area (Å²) in [5, 5.41) is 9.64. The Balaban J connectivity index is 1.57. The second-order valence-electron chi connectivity index (χ2n) is 6.89. The lowest BCUT2D eigenvalue weighted by Gasteiger charge is -2.10. The molecule has 6 nitrogen and oxygen atoms in total. The maximum atomic E-state index is 12.2. The van der Waals surface area contributed by atoms with Crippen LogP contribution in [0, 0.1) is 13.8 Å². The van der Waals surface area contributed by atoms with Gasteiger partial charge in [-0.1, -0.05) is 29.3 Å². The first-order valence-electron chi connectivity index (χ1n) is 9.45. The van der Waals surface area contributed by atoms with Gasteiger partial charge in [0.15, 0.2) is 0 Å². The molecule has 3 rings (SSSR count). The number of benzene rings is 2. The smallest absolute Gasteiger partial charge is 0.261 e. The number of carbonyl (C=O) groups excluding carboxylic acids is 1. The number of hydrogen-bond donors (Lipinski definition) is 1. The highest BCUT2D eigenvalue weighted by atomic mass is 79.9. The second-order valence-corrected chi connectivity index (χ2v) is 8.50. The summed E-state index contributed by atoms with van der Waals surface area (Å²) < 4.78 is 8.32. The summed E-state index contributed by atoms with van der Waals surface area (Å²) in [6.45, 7) is 5.95. The Kier molecular flexibility index (Phi) is 7.75. The Bertz CT molecular complexity index is 1110. The zero-order valence-electron chi connectivity index (χ0n) is 17.2. The molecule has 0 aliphatic rings. The van der Waals surface area contributed by atoms with Crippen molar-refractivity contribution in [2.75, 3.05) is 0 Å². The van der Waals surface area contributed by atoms with Crippen LogP contribution in [0.1, 0.15) is 29.4 Å². The lowest BCUT2D eigenvalue weighted by molar-refractivity contribution is -0.121. The highest BCUT2D eigenvalue weighted by Crippen LogP contribution is 2.26. The van der Waals surface area contributed by atoms with Gasteiger partial charge in [0.05, 0.1) is 21.6 Å². The van der Waals surface area contributed by atoms with E-state index in [1.165, 1.54) is 0 Å². The molecule has 3 aromatic rings. The predicted octanol–water partition coefficient (Wildman–Crippen LogP) is 5.69. The maximum Gasteiger partial charge on any atom is 0.261 e. The minimum absolute atomic E-state index is 0.0897. The molecule has 1 aromatic heterocycles. The molecule has 0 radical (unpaired) electrons. The molecule has 0 atom stereocenters. The molecule has 0 aliphatic carbocycles. The van der Waals surface area contributed by atoms with Gasteiger partial charge in [-0.25, -0.2) is 5.43 Å². The van der Waals surface area contributed by atoms with Crippen LogP contribution in [0.2, 0.25) is 10.0 Å². The van der Waals surface area contributed by atoms with E-state index >= 15 is 0 Å². The Labute approximate surface area is 199 Å². The summed E-state index contributed by atoms with van der Waals surface area (Å²) >= 11 is 15.8. The fourth-order valence-electron chi connectivity index (χ4n) is 2.83. The fourth-order valence-corrected chi connectivity index (χ4v) is 3.62. The van der Waals surface area contributed by atoms with Crippen LogP contribution in [0.3, 0.4) is 0 Å². The summed E-state index contributed by atoms with van der Waals surface area (Å²) in [6, 6.07) is 12.7. The first-order valence-corrected chi connectivity index (χ1v) is 11.0. The molecule has 1 N–H and O–H groups in total. The third-order valence-electron chi connectivity index (χ3n) is 4.65. The highest BCUT2D eigenvalue weighted by Gasteiger charge is 2.12. The van der Waals surface area contributed by atoms with E-state index in [1.807, 2.05) is 45.0 Å². The van der Waals surface area contributed by atoms with E-state index in [0.29, 0.717) is 21.5 Å². The monoisotopic (exact) mass is 522 g/mol. The van der Waals surface area contributed by atoms with Crippen molar-refractivity contribution >= 4 is 50.8 Å². The van der Waals surface area contributed by atoms with Crippen LogP contribution >= 0.6 is 39.1 Å². The number of aromatic nitrogens is 2. The van der Waals surface area contributed by atoms with Crippen LogP contribution in [0.25, 0.3) is 0 Å². The summed E-state index contributed by atoms with van der Waals surface area (Å²) in [7, 11) is 0. The topological polar surface area (TPSA) is 68.5 Å². The molecule has 1 heterocycles. The lowest BCUT2D eigenvalue weighted by atomic mass is 10.1. The number of ether oxygens (including phenoxy) is 1. The standard InChI is InChI=1S/C22H21BrCl2N4O2/c1-13(26-27-21(30)11-29-15(3)22(23)14(2)28-29)16-7-9-17(10-8-16)31-12-18-19(24)5-4-6-20(18)25/h4-10H,11-12H2,1-3H3,(H,27,30)/b26-13+. The van der Waals surface area contributed by atoms with Crippen molar-refractivity contribution in [1.29, 1.82) is 0 Å². The Morgan fingerprint density at radius 1 is 1.16 bits per heavy atom. The number of carbonyl (C=O) groups is 1. The molecule has 9 heteroatoms. The van der Waals surface area contributed by atoms with Gasteiger partial charge in [0.2, 0.25) is 0 Å². The van der Waals surface area contributed by atoms with Crippen LogP contribution < -0.4 is 10.2 Å². The van der Waals surface area contributed by atoms with Crippen molar-refractivity contribution in [3.63, 3.8) is 0 Å². The van der Waals surface area contributed by atoms with Gasteiger partial charge in [-0.05, 0) is 78.7 Å². The van der Waals surface area contributed by atoms with E-state index in [-0.39, 0.29) is 19.1 Å². The summed E-state index contributed by atoms with van der Waals surface area (Å²) in [4.78, 5) is 12.2. The Morgan fingerprint density at radius 3 is 2.39 bits per heavy atom. The van der Waals surface area contributed by atoms with Gasteiger partial charge in [0.1, 0.15) is 18.9 Å². The van der Waals surface area contributed by atoms with Gasteiger partial charge in [0.25, 0.3) is 5.91 Å². The zero-order chi connectivity index (χ0) is 22.5. The summed E-state index contributed by atoms with van der Waals surface area (Å²) in [5.74, 6) is 0.417. The number of rotatable bonds is 7. The number of hydrogen-bond acceptors (Lipinski definition) is 4. The second kappa shape index (κ2) is 10.3. The zero-order valence-corrected chi connectivity index (χ0v) is 20.3. The van der Waals surface area contributed by atoms with Gasteiger partial charge < -0.3 is 4.74 Å². The van der Waals surface area contributed by atoms with E-state index in [9.17, 15) is 4.79 Å². The number of halogens is 3. The molecule has 0 aliphatic heterocycles. The molecule has 0 fully saturated rings. The van der Waals surface area contributed by atoms with Crippen LogP contribution in [-0.2, 0) is 17.9 Å². The Hall–Kier alpha value is -2.35. The van der Waals surface area contributed by atoms with Crippen molar-refractivity contribution in [3.8, 4) is 5.75 Å². The van der Waals surface area contributed by atoms with Crippen LogP contribution in [0.5, 0.6) is 5.75 Å². The van der Waals surface area contributed by atoms with Gasteiger partial charge >= 0.3 is 0 Å². The van der Waals surface area contributed by atoms with E-state index in [4.69, 9.17) is 27.9 Å². The van der Waals surface area contributed by atoms with Gasteiger partial charge in [0, 0.05) is 15.6 Å². The molecular weight excluding hydrogens is 503 g/mol. The number of nitrogens with zero attached hydrogens (tertiary/aromatic N) is 3. The minimum atomic E-state index is -0.256. The molecule has 0 spiro atoms. The molecule has 0 unspecified atom stereocenters. The van der Waals surface area contributed by atoms with Gasteiger partial charge in [-0.2, -0.15) is 10.2 Å². The van der Waals surface area contributed by atoms with Gasteiger partial charge in [-0.15, -0.1) is 0 Å². The van der Waals surface area contributed by atoms with Crippen molar-refractivity contribution in [2.45, 2.75) is 33.9 Å². The third kappa shape index (κ3) is 5.87. The normalized spacial score (nSPS) is 11.5. The molecule has 162 valence electrons. The molecule has 0 saturated heterocycles. The van der Waals surface area contributed by atoms with Gasteiger partial charge in [-0.3, -0.25) is 9.48 Å². The average molecular weight is 524 g/mol. The lowest BCUT2D eigenvalue weighted by Crippen LogP contribution is -2.25. The molecule has 2 aromatic carbocycles. The number of nitrogens with one attached hydrogen (secondary N) is 1. The highest BCUT2D eigenvalue weighted by molar-refractivity contribution is 9.10. The maximum absolute atomic E-state index is 12.2.